The summed E-state index contributed by atoms with van der Waals surface area (Å²) in [4.78, 5) is 4.53. The van der Waals surface area contributed by atoms with Gasteiger partial charge in [-0.05, 0) is 75.2 Å². The number of fused-ring (bicyclic) bond motifs is 1. The molecule has 1 aromatic heterocycles. The van der Waals surface area contributed by atoms with Crippen LogP contribution in [0.3, 0.4) is 0 Å². The van der Waals surface area contributed by atoms with Crippen LogP contribution in [0.25, 0.3) is 10.1 Å². The monoisotopic (exact) mass is 493 g/mol. The van der Waals surface area contributed by atoms with Crippen molar-refractivity contribution in [2.75, 3.05) is 42.8 Å². The van der Waals surface area contributed by atoms with Crippen LogP contribution in [0.2, 0.25) is 5.02 Å². The molecule has 3 aromatic rings. The third-order valence-corrected chi connectivity index (χ3v) is 9.03. The van der Waals surface area contributed by atoms with Crippen LogP contribution >= 0.6 is 22.9 Å². The van der Waals surface area contributed by atoms with Crippen molar-refractivity contribution in [2.24, 2.45) is 0 Å². The smallest absolute Gasteiger partial charge is 0.271 e. The van der Waals surface area contributed by atoms with Crippen molar-refractivity contribution in [3.05, 3.63) is 47.0 Å². The highest BCUT2D eigenvalue weighted by Crippen LogP contribution is 2.38. The minimum Gasteiger partial charge on any atom is -0.489 e. The lowest BCUT2D eigenvalue weighted by molar-refractivity contribution is 0.241. The fourth-order valence-electron chi connectivity index (χ4n) is 3.86. The molecule has 1 N–H and O–H groups in total. The molecule has 0 bridgehead atoms. The van der Waals surface area contributed by atoms with Crippen LogP contribution in [0, 0.1) is 6.92 Å². The van der Waals surface area contributed by atoms with E-state index in [1.165, 1.54) is 11.3 Å². The summed E-state index contributed by atoms with van der Waals surface area (Å²) in [7, 11) is -1.65. The number of sulfonamides is 1. The summed E-state index contributed by atoms with van der Waals surface area (Å²) in [6, 6.07) is 10.9. The molecule has 0 saturated carbocycles. The molecule has 0 radical (unpaired) electrons. The first-order valence-corrected chi connectivity index (χ1v) is 13.3. The Hall–Kier alpha value is -2.00. The first-order chi connectivity index (χ1) is 15.1. The Balaban J connectivity index is 1.67. The van der Waals surface area contributed by atoms with Crippen LogP contribution in [-0.2, 0) is 10.0 Å². The molecule has 9 heteroatoms. The molecule has 2 heterocycles. The van der Waals surface area contributed by atoms with Gasteiger partial charge in [0.1, 0.15) is 9.96 Å². The van der Waals surface area contributed by atoms with Gasteiger partial charge in [-0.1, -0.05) is 11.6 Å². The Kier molecular flexibility index (Phi) is 6.58. The number of thiophene rings is 1. The molecule has 0 spiro atoms. The minimum atomic E-state index is -3.75. The molecule has 4 rings (SSSR count). The lowest BCUT2D eigenvalue weighted by Crippen LogP contribution is -2.44. The largest absolute Gasteiger partial charge is 0.489 e. The molecular formula is C23H28ClN3O3S2. The molecule has 6 nitrogen and oxygen atoms in total. The zero-order chi connectivity index (χ0) is 23.0. The third kappa shape index (κ3) is 4.83. The average Bonchev–Trinajstić information content (AvgIpc) is 3.06. The van der Waals surface area contributed by atoms with E-state index in [4.69, 9.17) is 16.3 Å². The number of rotatable bonds is 6. The molecular weight excluding hydrogens is 466 g/mol. The Morgan fingerprint density at radius 3 is 2.50 bits per heavy atom. The number of nitrogens with one attached hydrogen (secondary N) is 1. The second-order valence-electron chi connectivity index (χ2n) is 8.40. The van der Waals surface area contributed by atoms with Gasteiger partial charge in [-0.25, -0.2) is 8.42 Å². The number of nitrogens with zero attached hydrogens (tertiary/aromatic N) is 2. The highest BCUT2D eigenvalue weighted by Gasteiger charge is 2.24. The number of anilines is 2. The molecule has 1 fully saturated rings. The van der Waals surface area contributed by atoms with Crippen LogP contribution in [0.1, 0.15) is 19.4 Å². The summed E-state index contributed by atoms with van der Waals surface area (Å²) in [5.41, 5.74) is 2.14. The minimum absolute atomic E-state index is 0.0248. The van der Waals surface area contributed by atoms with Crippen LogP contribution < -0.4 is 14.4 Å². The van der Waals surface area contributed by atoms with Gasteiger partial charge in [-0.2, -0.15) is 0 Å². The van der Waals surface area contributed by atoms with Gasteiger partial charge in [0, 0.05) is 35.9 Å². The number of benzene rings is 2. The van der Waals surface area contributed by atoms with E-state index in [1.807, 2.05) is 45.0 Å². The number of aryl methyl sites for hydroxylation is 1. The molecule has 2 aromatic carbocycles. The highest BCUT2D eigenvalue weighted by atomic mass is 35.5. The van der Waals surface area contributed by atoms with Crippen LogP contribution in [-0.4, -0.2) is 52.6 Å². The number of ether oxygens (including phenoxy) is 1. The molecule has 32 heavy (non-hydrogen) atoms. The van der Waals surface area contributed by atoms with Gasteiger partial charge >= 0.3 is 0 Å². The van der Waals surface area contributed by atoms with Crippen molar-refractivity contribution in [2.45, 2.75) is 31.1 Å². The Bertz CT molecular complexity index is 1230. The number of likely N-dealkylation sites (N-methyl/N-ethyl adjacent to an activating group) is 1. The topological polar surface area (TPSA) is 61.9 Å². The summed E-state index contributed by atoms with van der Waals surface area (Å²) in [6.07, 6.45) is 0.0248. The summed E-state index contributed by atoms with van der Waals surface area (Å²) in [5.74, 6) is 0.764. The summed E-state index contributed by atoms with van der Waals surface area (Å²) >= 11 is 7.37. The van der Waals surface area contributed by atoms with E-state index in [1.54, 1.807) is 12.1 Å². The van der Waals surface area contributed by atoms with Gasteiger partial charge in [0.05, 0.1) is 17.5 Å². The van der Waals surface area contributed by atoms with Crippen molar-refractivity contribution in [1.82, 2.24) is 4.90 Å². The van der Waals surface area contributed by atoms with Gasteiger partial charge in [-0.3, -0.25) is 4.72 Å². The van der Waals surface area contributed by atoms with E-state index in [0.29, 0.717) is 20.5 Å². The fraction of sp³-hybridized carbons (Fsp3) is 0.391. The van der Waals surface area contributed by atoms with E-state index < -0.39 is 10.0 Å². The lowest BCUT2D eigenvalue weighted by atomic mass is 10.2. The first kappa shape index (κ1) is 23.2. The molecule has 1 aliphatic rings. The van der Waals surface area contributed by atoms with Crippen molar-refractivity contribution >= 4 is 54.4 Å². The number of halogens is 1. The van der Waals surface area contributed by atoms with E-state index >= 15 is 0 Å². The van der Waals surface area contributed by atoms with Crippen LogP contribution in [0.5, 0.6) is 5.75 Å². The maximum atomic E-state index is 13.3. The predicted molar refractivity (Wildman–Crippen MR) is 134 cm³/mol. The quantitative estimate of drug-likeness (QED) is 0.511. The van der Waals surface area contributed by atoms with Gasteiger partial charge in [-0.15, -0.1) is 11.3 Å². The Labute approximate surface area is 198 Å². The zero-order valence-corrected chi connectivity index (χ0v) is 21.1. The van der Waals surface area contributed by atoms with E-state index in [9.17, 15) is 8.42 Å². The zero-order valence-electron chi connectivity index (χ0n) is 18.7. The van der Waals surface area contributed by atoms with Gasteiger partial charge in [0.15, 0.2) is 0 Å². The maximum Gasteiger partial charge on any atom is 0.271 e. The highest BCUT2D eigenvalue weighted by molar-refractivity contribution is 7.94. The van der Waals surface area contributed by atoms with Gasteiger partial charge < -0.3 is 14.5 Å². The molecule has 1 saturated heterocycles. The fourth-order valence-corrected chi connectivity index (χ4v) is 6.83. The molecule has 0 aliphatic carbocycles. The van der Waals surface area contributed by atoms with E-state index in [2.05, 4.69) is 21.6 Å². The molecule has 1 aliphatic heterocycles. The third-order valence-electron chi connectivity index (χ3n) is 5.52. The van der Waals surface area contributed by atoms with Crippen molar-refractivity contribution < 1.29 is 13.2 Å². The average molecular weight is 494 g/mol. The molecule has 0 amide bonds. The van der Waals surface area contributed by atoms with Crippen molar-refractivity contribution in [3.8, 4) is 5.75 Å². The summed E-state index contributed by atoms with van der Waals surface area (Å²) in [6.45, 7) is 9.40. The second-order valence-corrected chi connectivity index (χ2v) is 11.8. The van der Waals surface area contributed by atoms with E-state index in [0.717, 1.165) is 47.7 Å². The summed E-state index contributed by atoms with van der Waals surface area (Å²) in [5, 5.41) is 1.45. The number of piperazine rings is 1. The lowest BCUT2D eigenvalue weighted by Gasteiger charge is -2.35. The number of hydrogen-bond acceptors (Lipinski definition) is 6. The van der Waals surface area contributed by atoms with Crippen molar-refractivity contribution in [3.63, 3.8) is 0 Å². The first-order valence-electron chi connectivity index (χ1n) is 10.6. The Morgan fingerprint density at radius 2 is 1.81 bits per heavy atom. The molecule has 172 valence electrons. The predicted octanol–water partition coefficient (Wildman–Crippen LogP) is 5.20. The molecule has 0 atom stereocenters. The van der Waals surface area contributed by atoms with Gasteiger partial charge in [0.2, 0.25) is 0 Å². The standard InChI is InChI=1S/C23H28ClN3O3S2/c1-15(2)30-21-7-6-18(14-20(21)27-11-9-26(4)10-12-27)25-32(28,29)23-16(3)19-13-17(24)5-8-22(19)31-23/h5-8,13-15,25H,9-12H2,1-4H3. The van der Waals surface area contributed by atoms with Crippen molar-refractivity contribution in [1.29, 1.82) is 0 Å². The second kappa shape index (κ2) is 9.09. The SMILES string of the molecule is Cc1c(S(=O)(=O)Nc2ccc(OC(C)C)c(N3CCN(C)CC3)c2)sc2ccc(Cl)cc12. The van der Waals surface area contributed by atoms with Crippen LogP contribution in [0.4, 0.5) is 11.4 Å². The summed E-state index contributed by atoms with van der Waals surface area (Å²) < 4.78 is 36.6. The number of hydrogen-bond donors (Lipinski definition) is 1. The van der Waals surface area contributed by atoms with Crippen LogP contribution in [0.15, 0.2) is 40.6 Å². The normalized spacial score (nSPS) is 15.5. The van der Waals surface area contributed by atoms with E-state index in [-0.39, 0.29) is 6.10 Å². The Morgan fingerprint density at radius 1 is 1.09 bits per heavy atom. The molecule has 0 unspecified atom stereocenters. The van der Waals surface area contributed by atoms with Gasteiger partial charge in [0.25, 0.3) is 10.0 Å². The maximum absolute atomic E-state index is 13.3.